The summed E-state index contributed by atoms with van der Waals surface area (Å²) >= 11 is 0. The van der Waals surface area contributed by atoms with Crippen molar-refractivity contribution >= 4 is 5.91 Å². The van der Waals surface area contributed by atoms with Gasteiger partial charge in [0.15, 0.2) is 5.69 Å². The number of fused-ring (bicyclic) bond motifs is 2. The van der Waals surface area contributed by atoms with Crippen molar-refractivity contribution < 1.29 is 9.32 Å². The van der Waals surface area contributed by atoms with E-state index in [-0.39, 0.29) is 11.9 Å². The summed E-state index contributed by atoms with van der Waals surface area (Å²) in [5.41, 5.74) is 0.446. The molecule has 3 saturated carbocycles. The van der Waals surface area contributed by atoms with Gasteiger partial charge in [-0.25, -0.2) is 0 Å². The minimum absolute atomic E-state index is 0.0732. The maximum atomic E-state index is 12.2. The van der Waals surface area contributed by atoms with Gasteiger partial charge in [-0.15, -0.1) is 0 Å². The van der Waals surface area contributed by atoms with Gasteiger partial charge in [-0.05, 0) is 56.8 Å². The first-order chi connectivity index (χ1) is 9.70. The van der Waals surface area contributed by atoms with Crippen LogP contribution in [0.4, 0.5) is 0 Å². The van der Waals surface area contributed by atoms with Crippen molar-refractivity contribution in [2.24, 2.45) is 17.8 Å². The number of carbonyl (C=O) groups excluding carboxylic acids is 1. The second-order valence-corrected chi connectivity index (χ2v) is 6.99. The highest BCUT2D eigenvalue weighted by atomic mass is 16.5. The van der Waals surface area contributed by atoms with E-state index in [1.807, 2.05) is 6.07 Å². The van der Waals surface area contributed by atoms with Crippen LogP contribution in [0.1, 0.15) is 67.6 Å². The highest BCUT2D eigenvalue weighted by Gasteiger charge is 2.42. The van der Waals surface area contributed by atoms with Gasteiger partial charge in [0.1, 0.15) is 5.76 Å². The van der Waals surface area contributed by atoms with Crippen LogP contribution in [0.25, 0.3) is 0 Å². The quantitative estimate of drug-likeness (QED) is 0.917. The molecule has 0 radical (unpaired) electrons. The Labute approximate surface area is 119 Å². The van der Waals surface area contributed by atoms with Crippen molar-refractivity contribution in [3.05, 3.63) is 17.5 Å². The van der Waals surface area contributed by atoms with Crippen LogP contribution in [-0.2, 0) is 0 Å². The van der Waals surface area contributed by atoms with Gasteiger partial charge < -0.3 is 9.84 Å². The number of rotatable bonds is 4. The molecule has 4 nitrogen and oxygen atoms in total. The molecule has 4 rings (SSSR count). The molecule has 0 saturated heterocycles. The summed E-state index contributed by atoms with van der Waals surface area (Å²) in [6.07, 6.45) is 7.75. The zero-order valence-corrected chi connectivity index (χ0v) is 12.0. The third kappa shape index (κ3) is 2.15. The molecule has 1 N–H and O–H groups in total. The lowest BCUT2D eigenvalue weighted by Gasteiger charge is -2.28. The number of hydrogen-bond acceptors (Lipinski definition) is 3. The molecule has 108 valence electrons. The Bertz CT molecular complexity index is 520. The van der Waals surface area contributed by atoms with Crippen LogP contribution in [0.5, 0.6) is 0 Å². The van der Waals surface area contributed by atoms with Gasteiger partial charge in [0.25, 0.3) is 5.91 Å². The van der Waals surface area contributed by atoms with Crippen LogP contribution < -0.4 is 5.32 Å². The molecule has 1 heterocycles. The average molecular weight is 274 g/mol. The zero-order valence-electron chi connectivity index (χ0n) is 12.0. The Kier molecular flexibility index (Phi) is 2.86. The molecule has 20 heavy (non-hydrogen) atoms. The third-order valence-corrected chi connectivity index (χ3v) is 5.53. The lowest BCUT2D eigenvalue weighted by molar-refractivity contribution is 0.0906. The second-order valence-electron chi connectivity index (χ2n) is 6.99. The molecule has 3 fully saturated rings. The van der Waals surface area contributed by atoms with Crippen LogP contribution >= 0.6 is 0 Å². The number of nitrogens with zero attached hydrogens (tertiary/aromatic N) is 1. The first-order valence-electron chi connectivity index (χ1n) is 7.98. The minimum Gasteiger partial charge on any atom is -0.360 e. The van der Waals surface area contributed by atoms with Gasteiger partial charge >= 0.3 is 0 Å². The van der Waals surface area contributed by atoms with E-state index < -0.39 is 0 Å². The number of hydrogen-bond donors (Lipinski definition) is 1. The van der Waals surface area contributed by atoms with E-state index in [9.17, 15) is 4.79 Å². The van der Waals surface area contributed by atoms with Gasteiger partial charge in [0.2, 0.25) is 0 Å². The molecule has 2 bridgehead atoms. The van der Waals surface area contributed by atoms with Crippen molar-refractivity contribution in [3.63, 3.8) is 0 Å². The van der Waals surface area contributed by atoms with Crippen LogP contribution in [0.3, 0.4) is 0 Å². The van der Waals surface area contributed by atoms with Gasteiger partial charge in [-0.1, -0.05) is 11.6 Å². The van der Waals surface area contributed by atoms with Gasteiger partial charge in [0.05, 0.1) is 0 Å². The smallest absolute Gasteiger partial charge is 0.273 e. The largest absolute Gasteiger partial charge is 0.360 e. The summed E-state index contributed by atoms with van der Waals surface area (Å²) in [5.74, 6) is 3.71. The fourth-order valence-electron chi connectivity index (χ4n) is 4.25. The standard InChI is InChI=1S/C16H22N2O2/c1-9(13-7-10-2-3-12(13)6-10)17-16(19)14-8-15(20-18-14)11-4-5-11/h8-13H,2-7H2,1H3,(H,17,19). The zero-order chi connectivity index (χ0) is 13.7. The Morgan fingerprint density at radius 3 is 2.85 bits per heavy atom. The highest BCUT2D eigenvalue weighted by molar-refractivity contribution is 5.92. The lowest BCUT2D eigenvalue weighted by atomic mass is 9.84. The molecule has 1 aromatic heterocycles. The lowest BCUT2D eigenvalue weighted by Crippen LogP contribution is -2.40. The van der Waals surface area contributed by atoms with Crippen LogP contribution in [-0.4, -0.2) is 17.1 Å². The predicted molar refractivity (Wildman–Crippen MR) is 74.3 cm³/mol. The van der Waals surface area contributed by atoms with Crippen LogP contribution in [0, 0.1) is 17.8 Å². The van der Waals surface area contributed by atoms with Crippen molar-refractivity contribution in [2.45, 2.75) is 57.4 Å². The maximum absolute atomic E-state index is 12.2. The summed E-state index contributed by atoms with van der Waals surface area (Å²) in [7, 11) is 0. The number of carbonyl (C=O) groups is 1. The Morgan fingerprint density at radius 2 is 2.20 bits per heavy atom. The molecule has 4 atom stereocenters. The van der Waals surface area contributed by atoms with Crippen molar-refractivity contribution in [2.75, 3.05) is 0 Å². The van der Waals surface area contributed by atoms with Crippen LogP contribution in [0.2, 0.25) is 0 Å². The molecule has 3 aliphatic rings. The highest BCUT2D eigenvalue weighted by Crippen LogP contribution is 2.49. The summed E-state index contributed by atoms with van der Waals surface area (Å²) in [6, 6.07) is 2.07. The fraction of sp³-hybridized carbons (Fsp3) is 0.750. The van der Waals surface area contributed by atoms with Gasteiger partial charge in [-0.2, -0.15) is 0 Å². The van der Waals surface area contributed by atoms with Gasteiger partial charge in [-0.3, -0.25) is 4.79 Å². The van der Waals surface area contributed by atoms with Crippen molar-refractivity contribution in [1.29, 1.82) is 0 Å². The Morgan fingerprint density at radius 1 is 1.35 bits per heavy atom. The van der Waals surface area contributed by atoms with Gasteiger partial charge in [0, 0.05) is 18.0 Å². The molecule has 0 aliphatic heterocycles. The number of nitrogens with one attached hydrogen (secondary N) is 1. The SMILES string of the molecule is CC(NC(=O)c1cc(C2CC2)on1)C1CC2CCC1C2. The van der Waals surface area contributed by atoms with E-state index >= 15 is 0 Å². The molecule has 4 unspecified atom stereocenters. The van der Waals surface area contributed by atoms with Crippen molar-refractivity contribution in [1.82, 2.24) is 10.5 Å². The predicted octanol–water partition coefficient (Wildman–Crippen LogP) is 3.11. The second kappa shape index (κ2) is 4.61. The summed E-state index contributed by atoms with van der Waals surface area (Å²) in [5, 5.41) is 7.05. The Balaban J connectivity index is 1.38. The third-order valence-electron chi connectivity index (χ3n) is 5.53. The van der Waals surface area contributed by atoms with Crippen LogP contribution in [0.15, 0.2) is 10.6 Å². The van der Waals surface area contributed by atoms with E-state index in [0.29, 0.717) is 17.5 Å². The van der Waals surface area contributed by atoms with E-state index in [1.165, 1.54) is 25.7 Å². The van der Waals surface area contributed by atoms with E-state index in [1.54, 1.807) is 0 Å². The molecule has 0 aromatic carbocycles. The molecular formula is C16H22N2O2. The monoisotopic (exact) mass is 274 g/mol. The molecule has 1 aromatic rings. The molecule has 4 heteroatoms. The minimum atomic E-state index is -0.0732. The average Bonchev–Trinajstić information content (AvgIpc) is 2.92. The topological polar surface area (TPSA) is 55.1 Å². The first-order valence-corrected chi connectivity index (χ1v) is 7.98. The molecule has 3 aliphatic carbocycles. The summed E-state index contributed by atoms with van der Waals surface area (Å²) in [6.45, 7) is 2.14. The van der Waals surface area contributed by atoms with E-state index in [2.05, 4.69) is 17.4 Å². The first kappa shape index (κ1) is 12.4. The normalized spacial score (nSPS) is 33.4. The molecule has 1 amide bonds. The van der Waals surface area contributed by atoms with E-state index in [4.69, 9.17) is 4.52 Å². The molecule has 0 spiro atoms. The summed E-state index contributed by atoms with van der Waals surface area (Å²) < 4.78 is 5.26. The Hall–Kier alpha value is -1.32. The van der Waals surface area contributed by atoms with E-state index in [0.717, 1.165) is 30.4 Å². The fourth-order valence-corrected chi connectivity index (χ4v) is 4.25. The molecular weight excluding hydrogens is 252 g/mol. The van der Waals surface area contributed by atoms with Crippen molar-refractivity contribution in [3.8, 4) is 0 Å². The maximum Gasteiger partial charge on any atom is 0.273 e. The number of amides is 1. The summed E-state index contributed by atoms with van der Waals surface area (Å²) in [4.78, 5) is 12.2. The number of aromatic nitrogens is 1.